The fourth-order valence-corrected chi connectivity index (χ4v) is 4.67. The molecule has 0 bridgehead atoms. The fraction of sp³-hybridized carbons (Fsp3) is 0.810. The number of likely N-dealkylation sites (tertiary alicyclic amines) is 1. The maximum atomic E-state index is 11.8. The van der Waals surface area contributed by atoms with Crippen LogP contribution in [-0.2, 0) is 23.1 Å². The predicted octanol–water partition coefficient (Wildman–Crippen LogP) is 2.41. The van der Waals surface area contributed by atoms with Crippen LogP contribution in [0.4, 0.5) is 0 Å². The third-order valence-corrected chi connectivity index (χ3v) is 6.89. The summed E-state index contributed by atoms with van der Waals surface area (Å²) in [6.45, 7) is 7.04. The number of aryl methyl sites for hydroxylation is 1. The van der Waals surface area contributed by atoms with Crippen molar-refractivity contribution in [2.45, 2.75) is 64.0 Å². The van der Waals surface area contributed by atoms with Crippen LogP contribution in [0, 0.1) is 18.8 Å². The van der Waals surface area contributed by atoms with Crippen LogP contribution >= 0.6 is 0 Å². The molecule has 1 aromatic rings. The lowest BCUT2D eigenvalue weighted by Crippen LogP contribution is -2.49. The topological polar surface area (TPSA) is 59.4 Å². The monoisotopic (exact) mass is 374 g/mol. The van der Waals surface area contributed by atoms with Gasteiger partial charge in [0.15, 0.2) is 0 Å². The number of amides is 1. The first kappa shape index (κ1) is 18.9. The van der Waals surface area contributed by atoms with Crippen molar-refractivity contribution in [3.63, 3.8) is 0 Å². The molecule has 2 aliphatic heterocycles. The standard InChI is InChI=1S/C21H34N4O2/c1-16-19(14-23-24(16)2)15-25-10-7-21(8-11-25)13-17(6-12-27-21)5-9-22-20(26)18-3-4-18/h14,17-18H,3-13,15H2,1-2H3,(H,22,26). The Morgan fingerprint density at radius 2 is 2.11 bits per heavy atom. The Hall–Kier alpha value is -1.40. The van der Waals surface area contributed by atoms with Crippen LogP contribution in [0.3, 0.4) is 0 Å². The third-order valence-electron chi connectivity index (χ3n) is 6.89. The van der Waals surface area contributed by atoms with Crippen LogP contribution < -0.4 is 5.32 Å². The Labute approximate surface area is 162 Å². The Kier molecular flexibility index (Phi) is 5.55. The van der Waals surface area contributed by atoms with Gasteiger partial charge in [-0.05, 0) is 57.8 Å². The number of ether oxygens (including phenoxy) is 1. The number of nitrogens with one attached hydrogen (secondary N) is 1. The molecule has 1 aliphatic carbocycles. The molecule has 6 nitrogen and oxygen atoms in total. The quantitative estimate of drug-likeness (QED) is 0.831. The number of aromatic nitrogens is 2. The highest BCUT2D eigenvalue weighted by Gasteiger charge is 2.40. The molecule has 4 rings (SSSR count). The molecule has 1 atom stereocenters. The predicted molar refractivity (Wildman–Crippen MR) is 104 cm³/mol. The molecule has 27 heavy (non-hydrogen) atoms. The number of rotatable bonds is 6. The second kappa shape index (κ2) is 7.92. The van der Waals surface area contributed by atoms with Crippen LogP contribution in [0.25, 0.3) is 0 Å². The second-order valence-corrected chi connectivity index (χ2v) is 8.90. The molecule has 1 saturated carbocycles. The van der Waals surface area contributed by atoms with Gasteiger partial charge >= 0.3 is 0 Å². The molecule has 1 amide bonds. The normalized spacial score (nSPS) is 25.6. The van der Waals surface area contributed by atoms with E-state index in [1.807, 2.05) is 17.9 Å². The van der Waals surface area contributed by atoms with Crippen molar-refractivity contribution in [2.24, 2.45) is 18.9 Å². The van der Waals surface area contributed by atoms with Gasteiger partial charge in [-0.2, -0.15) is 5.10 Å². The SMILES string of the molecule is Cc1c(CN2CCC3(CC2)CC(CCNC(=O)C2CC2)CCO3)cnn1C. The summed E-state index contributed by atoms with van der Waals surface area (Å²) in [4.78, 5) is 14.3. The molecule has 1 spiro atoms. The molecular formula is C21H34N4O2. The molecule has 0 aromatic carbocycles. The lowest BCUT2D eigenvalue weighted by atomic mass is 9.78. The number of piperidine rings is 1. The zero-order valence-corrected chi connectivity index (χ0v) is 16.9. The van der Waals surface area contributed by atoms with Crippen LogP contribution in [0.1, 0.15) is 56.2 Å². The molecule has 2 saturated heterocycles. The van der Waals surface area contributed by atoms with Crippen LogP contribution in [0.5, 0.6) is 0 Å². The molecule has 3 aliphatic rings. The number of nitrogens with zero attached hydrogens (tertiary/aromatic N) is 3. The average Bonchev–Trinajstić information content (AvgIpc) is 3.47. The van der Waals surface area contributed by atoms with Crippen LogP contribution in [0.15, 0.2) is 6.20 Å². The minimum Gasteiger partial charge on any atom is -0.375 e. The molecule has 150 valence electrons. The van der Waals surface area contributed by atoms with Crippen LogP contribution in [-0.4, -0.2) is 52.4 Å². The smallest absolute Gasteiger partial charge is 0.223 e. The summed E-state index contributed by atoms with van der Waals surface area (Å²) in [5, 5.41) is 7.49. The summed E-state index contributed by atoms with van der Waals surface area (Å²) in [7, 11) is 2.01. The molecule has 0 radical (unpaired) electrons. The largest absolute Gasteiger partial charge is 0.375 e. The van der Waals surface area contributed by atoms with E-state index in [9.17, 15) is 4.79 Å². The summed E-state index contributed by atoms with van der Waals surface area (Å²) >= 11 is 0. The molecule has 3 heterocycles. The highest BCUT2D eigenvalue weighted by Crippen LogP contribution is 2.39. The summed E-state index contributed by atoms with van der Waals surface area (Å²) < 4.78 is 8.26. The van der Waals surface area contributed by atoms with Crippen molar-refractivity contribution in [1.82, 2.24) is 20.0 Å². The third kappa shape index (κ3) is 4.54. The molecule has 1 aromatic heterocycles. The zero-order chi connectivity index (χ0) is 18.9. The van der Waals surface area contributed by atoms with Gasteiger partial charge in [0.25, 0.3) is 0 Å². The van der Waals surface area contributed by atoms with Gasteiger partial charge in [-0.15, -0.1) is 0 Å². The highest BCUT2D eigenvalue weighted by atomic mass is 16.5. The summed E-state index contributed by atoms with van der Waals surface area (Å²) in [6, 6.07) is 0. The van der Waals surface area contributed by atoms with Crippen molar-refractivity contribution < 1.29 is 9.53 Å². The molecule has 6 heteroatoms. The van der Waals surface area contributed by atoms with E-state index in [2.05, 4.69) is 22.2 Å². The lowest BCUT2D eigenvalue weighted by molar-refractivity contribution is -0.129. The van der Waals surface area contributed by atoms with E-state index in [0.717, 1.165) is 77.7 Å². The highest BCUT2D eigenvalue weighted by molar-refractivity contribution is 5.80. The number of carbonyl (C=O) groups excluding carboxylic acids is 1. The van der Waals surface area contributed by atoms with E-state index < -0.39 is 0 Å². The Bertz CT molecular complexity index is 659. The van der Waals surface area contributed by atoms with Gasteiger partial charge in [-0.3, -0.25) is 14.4 Å². The van der Waals surface area contributed by atoms with E-state index in [4.69, 9.17) is 4.74 Å². The Morgan fingerprint density at radius 3 is 2.78 bits per heavy atom. The summed E-state index contributed by atoms with van der Waals surface area (Å²) in [5.41, 5.74) is 2.67. The summed E-state index contributed by atoms with van der Waals surface area (Å²) in [6.07, 6.45) is 9.81. The van der Waals surface area contributed by atoms with Gasteiger partial charge in [0.2, 0.25) is 5.91 Å². The van der Waals surface area contributed by atoms with Crippen molar-refractivity contribution in [3.8, 4) is 0 Å². The van der Waals surface area contributed by atoms with E-state index in [1.165, 1.54) is 11.3 Å². The van der Waals surface area contributed by atoms with Crippen molar-refractivity contribution in [2.75, 3.05) is 26.2 Å². The Morgan fingerprint density at radius 1 is 1.33 bits per heavy atom. The molecular weight excluding hydrogens is 340 g/mol. The van der Waals surface area contributed by atoms with E-state index in [-0.39, 0.29) is 11.5 Å². The fourth-order valence-electron chi connectivity index (χ4n) is 4.67. The maximum absolute atomic E-state index is 11.8. The number of carbonyl (C=O) groups is 1. The zero-order valence-electron chi connectivity index (χ0n) is 16.9. The van der Waals surface area contributed by atoms with Crippen molar-refractivity contribution in [3.05, 3.63) is 17.5 Å². The average molecular weight is 375 g/mol. The van der Waals surface area contributed by atoms with Gasteiger partial charge in [-0.25, -0.2) is 0 Å². The van der Waals surface area contributed by atoms with Crippen molar-refractivity contribution >= 4 is 5.91 Å². The first-order chi connectivity index (χ1) is 13.0. The van der Waals surface area contributed by atoms with E-state index >= 15 is 0 Å². The van der Waals surface area contributed by atoms with Gasteiger partial charge < -0.3 is 10.1 Å². The number of hydrogen-bond acceptors (Lipinski definition) is 4. The minimum atomic E-state index is 0.0733. The summed E-state index contributed by atoms with van der Waals surface area (Å²) in [5.74, 6) is 1.28. The Balaban J connectivity index is 1.23. The molecule has 1 unspecified atom stereocenters. The van der Waals surface area contributed by atoms with Gasteiger partial charge in [0.05, 0.1) is 11.8 Å². The molecule has 3 fully saturated rings. The van der Waals surface area contributed by atoms with E-state index in [0.29, 0.717) is 11.8 Å². The van der Waals surface area contributed by atoms with Gasteiger partial charge in [-0.1, -0.05) is 0 Å². The first-order valence-electron chi connectivity index (χ1n) is 10.7. The number of hydrogen-bond donors (Lipinski definition) is 1. The first-order valence-corrected chi connectivity index (χ1v) is 10.7. The van der Waals surface area contributed by atoms with Crippen LogP contribution in [0.2, 0.25) is 0 Å². The van der Waals surface area contributed by atoms with Gasteiger partial charge in [0, 0.05) is 57.0 Å². The van der Waals surface area contributed by atoms with Gasteiger partial charge in [0.1, 0.15) is 0 Å². The lowest BCUT2D eigenvalue weighted by Gasteiger charge is -2.46. The second-order valence-electron chi connectivity index (χ2n) is 8.90. The maximum Gasteiger partial charge on any atom is 0.223 e. The van der Waals surface area contributed by atoms with E-state index in [1.54, 1.807) is 0 Å². The van der Waals surface area contributed by atoms with Crippen molar-refractivity contribution in [1.29, 1.82) is 0 Å². The minimum absolute atomic E-state index is 0.0733. The molecule has 1 N–H and O–H groups in total.